The molecule has 0 saturated heterocycles. The SMILES string of the molecule is CSCCC(N)C(=O)NC(CS)C(=O)NC(CO)C(=O)NC(CCSC)C(=O)O. The van der Waals surface area contributed by atoms with E-state index in [1.165, 1.54) is 23.5 Å². The molecule has 10 nitrogen and oxygen atoms in total. The van der Waals surface area contributed by atoms with Crippen molar-refractivity contribution < 1.29 is 29.4 Å². The molecule has 0 bridgehead atoms. The van der Waals surface area contributed by atoms with E-state index in [0.717, 1.165) is 0 Å². The van der Waals surface area contributed by atoms with Gasteiger partial charge in [0.2, 0.25) is 17.7 Å². The first-order chi connectivity index (χ1) is 13.7. The van der Waals surface area contributed by atoms with Gasteiger partial charge >= 0.3 is 5.97 Å². The summed E-state index contributed by atoms with van der Waals surface area (Å²) in [5, 5.41) is 25.7. The van der Waals surface area contributed by atoms with Crippen molar-refractivity contribution in [2.75, 3.05) is 36.4 Å². The molecule has 4 unspecified atom stereocenters. The van der Waals surface area contributed by atoms with Gasteiger partial charge in [0.15, 0.2) is 0 Å². The van der Waals surface area contributed by atoms with Crippen LogP contribution in [0.15, 0.2) is 0 Å². The van der Waals surface area contributed by atoms with Gasteiger partial charge in [0.25, 0.3) is 0 Å². The Bertz CT molecular complexity index is 555. The summed E-state index contributed by atoms with van der Waals surface area (Å²) in [5.74, 6) is -2.18. The van der Waals surface area contributed by atoms with Crippen LogP contribution in [-0.4, -0.2) is 94.4 Å². The molecule has 0 fully saturated rings. The molecule has 0 aliphatic carbocycles. The van der Waals surface area contributed by atoms with E-state index in [2.05, 4.69) is 28.6 Å². The highest BCUT2D eigenvalue weighted by Crippen LogP contribution is 2.03. The number of carbonyl (C=O) groups excluding carboxylic acids is 3. The number of nitrogens with one attached hydrogen (secondary N) is 3. The second kappa shape index (κ2) is 15.7. The van der Waals surface area contributed by atoms with Crippen molar-refractivity contribution in [2.45, 2.75) is 37.0 Å². The number of thiol groups is 1. The van der Waals surface area contributed by atoms with Crippen LogP contribution >= 0.6 is 36.2 Å². The van der Waals surface area contributed by atoms with Crippen LogP contribution in [0.2, 0.25) is 0 Å². The average Bonchev–Trinajstić information content (AvgIpc) is 2.70. The molecule has 7 N–H and O–H groups in total. The lowest BCUT2D eigenvalue weighted by Crippen LogP contribution is -2.58. The Hall–Kier alpha value is -1.15. The van der Waals surface area contributed by atoms with Gasteiger partial charge in [-0.25, -0.2) is 4.79 Å². The minimum absolute atomic E-state index is 0.0575. The molecule has 0 saturated carbocycles. The third-order valence-corrected chi connectivity index (χ3v) is 5.48. The number of hydrogen-bond acceptors (Lipinski definition) is 9. The van der Waals surface area contributed by atoms with Gasteiger partial charge in [-0.15, -0.1) is 0 Å². The van der Waals surface area contributed by atoms with E-state index in [9.17, 15) is 29.4 Å². The molecule has 0 heterocycles. The predicted octanol–water partition coefficient (Wildman–Crippen LogP) is -1.72. The molecule has 0 aromatic heterocycles. The molecule has 168 valence electrons. The van der Waals surface area contributed by atoms with Gasteiger partial charge in [0.05, 0.1) is 12.6 Å². The van der Waals surface area contributed by atoms with Gasteiger partial charge in [-0.2, -0.15) is 36.2 Å². The van der Waals surface area contributed by atoms with Crippen LogP contribution in [0.5, 0.6) is 0 Å². The number of aliphatic carboxylic acids is 1. The van der Waals surface area contributed by atoms with Crippen LogP contribution in [-0.2, 0) is 19.2 Å². The number of rotatable bonds is 15. The Morgan fingerprint density at radius 1 is 0.897 bits per heavy atom. The fourth-order valence-electron chi connectivity index (χ4n) is 2.08. The highest BCUT2D eigenvalue weighted by atomic mass is 32.2. The maximum absolute atomic E-state index is 12.4. The van der Waals surface area contributed by atoms with Gasteiger partial charge < -0.3 is 31.9 Å². The van der Waals surface area contributed by atoms with E-state index >= 15 is 0 Å². The molecule has 3 amide bonds. The van der Waals surface area contributed by atoms with Gasteiger partial charge in [-0.3, -0.25) is 14.4 Å². The summed E-state index contributed by atoms with van der Waals surface area (Å²) in [5.41, 5.74) is 5.76. The summed E-state index contributed by atoms with van der Waals surface area (Å²) in [6, 6.07) is -4.37. The third kappa shape index (κ3) is 11.0. The summed E-state index contributed by atoms with van der Waals surface area (Å²) < 4.78 is 0. The standard InChI is InChI=1S/C16H30N4O6S3/c1-28-5-3-9(17)13(22)20-12(8-27)15(24)19-11(7-21)14(23)18-10(16(25)26)4-6-29-2/h9-12,21,27H,3-8,17H2,1-2H3,(H,18,23)(H,19,24)(H,20,22)(H,25,26). The van der Waals surface area contributed by atoms with Crippen LogP contribution < -0.4 is 21.7 Å². The third-order valence-electron chi connectivity index (χ3n) is 3.83. The van der Waals surface area contributed by atoms with Crippen molar-refractivity contribution in [3.63, 3.8) is 0 Å². The number of nitrogens with two attached hydrogens (primary N) is 1. The molecule has 13 heteroatoms. The lowest BCUT2D eigenvalue weighted by atomic mass is 10.1. The lowest BCUT2D eigenvalue weighted by molar-refractivity contribution is -0.142. The molecule has 29 heavy (non-hydrogen) atoms. The number of thioether (sulfide) groups is 2. The highest BCUT2D eigenvalue weighted by Gasteiger charge is 2.29. The zero-order valence-electron chi connectivity index (χ0n) is 16.4. The number of carboxylic acid groups (broad SMARTS) is 1. The Labute approximate surface area is 184 Å². The maximum atomic E-state index is 12.4. The van der Waals surface area contributed by atoms with E-state index in [-0.39, 0.29) is 12.2 Å². The molecule has 4 atom stereocenters. The quantitative estimate of drug-likeness (QED) is 0.138. The highest BCUT2D eigenvalue weighted by molar-refractivity contribution is 7.98. The fourth-order valence-corrected chi connectivity index (χ4v) is 3.30. The number of amides is 3. The molecule has 0 aliphatic rings. The molecule has 0 aromatic rings. The summed E-state index contributed by atoms with van der Waals surface area (Å²) in [6.45, 7) is -0.743. The average molecular weight is 471 g/mol. The van der Waals surface area contributed by atoms with E-state index < -0.39 is 54.5 Å². The molecule has 0 spiro atoms. The second-order valence-electron chi connectivity index (χ2n) is 6.06. The molecular weight excluding hydrogens is 440 g/mol. The smallest absolute Gasteiger partial charge is 0.326 e. The molecule has 0 rings (SSSR count). The van der Waals surface area contributed by atoms with Crippen molar-refractivity contribution in [3.05, 3.63) is 0 Å². The first-order valence-corrected chi connectivity index (χ1v) is 12.2. The minimum Gasteiger partial charge on any atom is -0.480 e. The summed E-state index contributed by atoms with van der Waals surface area (Å²) >= 11 is 6.99. The Morgan fingerprint density at radius 2 is 1.38 bits per heavy atom. The maximum Gasteiger partial charge on any atom is 0.326 e. The number of aliphatic hydroxyl groups excluding tert-OH is 1. The number of hydrogen-bond donors (Lipinski definition) is 7. The van der Waals surface area contributed by atoms with Gasteiger partial charge in [0.1, 0.15) is 18.1 Å². The second-order valence-corrected chi connectivity index (χ2v) is 8.39. The summed E-state index contributed by atoms with van der Waals surface area (Å²) in [4.78, 5) is 48.0. The summed E-state index contributed by atoms with van der Waals surface area (Å²) in [7, 11) is 0. The Balaban J connectivity index is 4.89. The van der Waals surface area contributed by atoms with Crippen LogP contribution in [0.4, 0.5) is 0 Å². The van der Waals surface area contributed by atoms with Crippen LogP contribution in [0, 0.1) is 0 Å². The van der Waals surface area contributed by atoms with Gasteiger partial charge in [-0.05, 0) is 36.9 Å². The lowest BCUT2D eigenvalue weighted by Gasteiger charge is -2.23. The minimum atomic E-state index is -1.37. The van der Waals surface area contributed by atoms with Crippen LogP contribution in [0.1, 0.15) is 12.8 Å². The van der Waals surface area contributed by atoms with Gasteiger partial charge in [0, 0.05) is 5.75 Å². The Morgan fingerprint density at radius 3 is 1.86 bits per heavy atom. The molecule has 0 aliphatic heterocycles. The molecule has 0 aromatic carbocycles. The Kier molecular flexibility index (Phi) is 15.0. The van der Waals surface area contributed by atoms with Crippen LogP contribution in [0.3, 0.4) is 0 Å². The van der Waals surface area contributed by atoms with Crippen LogP contribution in [0.25, 0.3) is 0 Å². The van der Waals surface area contributed by atoms with Crippen molar-refractivity contribution in [1.82, 2.24) is 16.0 Å². The topological polar surface area (TPSA) is 171 Å². The van der Waals surface area contributed by atoms with E-state index in [0.29, 0.717) is 17.9 Å². The van der Waals surface area contributed by atoms with E-state index in [4.69, 9.17) is 5.73 Å². The van der Waals surface area contributed by atoms with Crippen molar-refractivity contribution in [3.8, 4) is 0 Å². The number of carboxylic acids is 1. The summed E-state index contributed by atoms with van der Waals surface area (Å²) in [6.07, 6.45) is 4.31. The first-order valence-electron chi connectivity index (χ1n) is 8.80. The largest absolute Gasteiger partial charge is 0.480 e. The van der Waals surface area contributed by atoms with E-state index in [1.54, 1.807) is 6.26 Å². The molecule has 0 radical (unpaired) electrons. The monoisotopic (exact) mass is 470 g/mol. The van der Waals surface area contributed by atoms with Crippen molar-refractivity contribution in [1.29, 1.82) is 0 Å². The zero-order valence-corrected chi connectivity index (χ0v) is 18.9. The zero-order chi connectivity index (χ0) is 22.4. The molecular formula is C16H30N4O6S3. The van der Waals surface area contributed by atoms with Crippen molar-refractivity contribution >= 4 is 59.8 Å². The number of carbonyl (C=O) groups is 4. The fraction of sp³-hybridized carbons (Fsp3) is 0.750. The normalized spacial score (nSPS) is 14.9. The van der Waals surface area contributed by atoms with Crippen molar-refractivity contribution in [2.24, 2.45) is 5.73 Å². The first kappa shape index (κ1) is 27.8. The van der Waals surface area contributed by atoms with Gasteiger partial charge in [-0.1, -0.05) is 0 Å². The number of aliphatic hydroxyl groups is 1. The predicted molar refractivity (Wildman–Crippen MR) is 118 cm³/mol. The van der Waals surface area contributed by atoms with E-state index in [1.807, 2.05) is 6.26 Å².